The van der Waals surface area contributed by atoms with Crippen LogP contribution in [0.3, 0.4) is 0 Å². The number of benzene rings is 2. The molecular formula is C17H12N2O3S. The third-order valence-corrected chi connectivity index (χ3v) is 5.00. The van der Waals surface area contributed by atoms with Gasteiger partial charge in [0.1, 0.15) is 0 Å². The molecule has 1 amide bonds. The van der Waals surface area contributed by atoms with Crippen LogP contribution < -0.4 is 11.1 Å². The monoisotopic (exact) mass is 324 g/mol. The van der Waals surface area contributed by atoms with Crippen molar-refractivity contribution in [1.82, 2.24) is 4.98 Å². The van der Waals surface area contributed by atoms with Crippen LogP contribution in [0.2, 0.25) is 0 Å². The molecule has 0 atom stereocenters. The molecule has 4 rings (SSSR count). The second-order valence-electron chi connectivity index (χ2n) is 5.23. The maximum absolute atomic E-state index is 12.5. The molecule has 0 unspecified atom stereocenters. The molecule has 23 heavy (non-hydrogen) atoms. The minimum absolute atomic E-state index is 0.158. The maximum Gasteiger partial charge on any atom is 0.417 e. The quantitative estimate of drug-likeness (QED) is 0.587. The molecule has 5 nitrogen and oxygen atoms in total. The highest BCUT2D eigenvalue weighted by Crippen LogP contribution is 2.31. The Kier molecular flexibility index (Phi) is 3.06. The number of amides is 1. The Morgan fingerprint density at radius 1 is 1.22 bits per heavy atom. The molecule has 0 fully saturated rings. The SMILES string of the molecule is Cc1c(C(=O)Nc2ccc3oc(=O)[nH]c3c2)sc2ccccc12. The van der Waals surface area contributed by atoms with Gasteiger partial charge in [-0.1, -0.05) is 18.2 Å². The van der Waals surface area contributed by atoms with Crippen LogP contribution in [0, 0.1) is 6.92 Å². The number of carbonyl (C=O) groups is 1. The molecule has 0 bridgehead atoms. The number of aryl methyl sites for hydroxylation is 1. The number of carbonyl (C=O) groups excluding carboxylic acids is 1. The number of fused-ring (bicyclic) bond motifs is 2. The molecule has 0 radical (unpaired) electrons. The number of anilines is 1. The lowest BCUT2D eigenvalue weighted by atomic mass is 10.1. The molecule has 114 valence electrons. The number of nitrogens with one attached hydrogen (secondary N) is 2. The first-order chi connectivity index (χ1) is 11.1. The van der Waals surface area contributed by atoms with Crippen LogP contribution in [0.15, 0.2) is 51.7 Å². The van der Waals surface area contributed by atoms with Crippen molar-refractivity contribution in [3.05, 3.63) is 63.5 Å². The van der Waals surface area contributed by atoms with Crippen molar-refractivity contribution >= 4 is 44.1 Å². The van der Waals surface area contributed by atoms with E-state index in [4.69, 9.17) is 4.42 Å². The number of hydrogen-bond acceptors (Lipinski definition) is 4. The van der Waals surface area contributed by atoms with Crippen LogP contribution in [0.1, 0.15) is 15.2 Å². The lowest BCUT2D eigenvalue weighted by Crippen LogP contribution is -2.11. The summed E-state index contributed by atoms with van der Waals surface area (Å²) in [5.74, 6) is -0.669. The van der Waals surface area contributed by atoms with E-state index in [-0.39, 0.29) is 5.91 Å². The van der Waals surface area contributed by atoms with Gasteiger partial charge >= 0.3 is 5.76 Å². The minimum atomic E-state index is -0.510. The smallest absolute Gasteiger partial charge is 0.408 e. The van der Waals surface area contributed by atoms with Crippen molar-refractivity contribution < 1.29 is 9.21 Å². The van der Waals surface area contributed by atoms with E-state index in [1.54, 1.807) is 18.2 Å². The molecule has 0 saturated carbocycles. The Morgan fingerprint density at radius 2 is 2.04 bits per heavy atom. The lowest BCUT2D eigenvalue weighted by molar-refractivity contribution is 0.103. The standard InChI is InChI=1S/C17H12N2O3S/c1-9-11-4-2-3-5-14(11)23-15(9)16(20)18-10-6-7-13-12(8-10)19-17(21)22-13/h2-8H,1H3,(H,18,20)(H,19,21). The molecule has 0 aliphatic carbocycles. The highest BCUT2D eigenvalue weighted by Gasteiger charge is 2.15. The Balaban J connectivity index is 1.69. The number of H-pyrrole nitrogens is 1. The minimum Gasteiger partial charge on any atom is -0.408 e. The molecule has 2 N–H and O–H groups in total. The van der Waals surface area contributed by atoms with Crippen LogP contribution in [-0.2, 0) is 0 Å². The van der Waals surface area contributed by atoms with Crippen molar-refractivity contribution in [2.75, 3.05) is 5.32 Å². The third kappa shape index (κ3) is 2.33. The first kappa shape index (κ1) is 13.8. The van der Waals surface area contributed by atoms with Gasteiger partial charge in [0.25, 0.3) is 5.91 Å². The average molecular weight is 324 g/mol. The van der Waals surface area contributed by atoms with Gasteiger partial charge in [0.2, 0.25) is 0 Å². The Hall–Kier alpha value is -2.86. The zero-order chi connectivity index (χ0) is 16.0. The summed E-state index contributed by atoms with van der Waals surface area (Å²) < 4.78 is 6.04. The molecule has 0 saturated heterocycles. The number of aromatic nitrogens is 1. The maximum atomic E-state index is 12.5. The molecule has 0 spiro atoms. The second kappa shape index (κ2) is 5.10. The van der Waals surface area contributed by atoms with E-state index in [0.29, 0.717) is 21.7 Å². The van der Waals surface area contributed by atoms with Crippen molar-refractivity contribution in [3.8, 4) is 0 Å². The predicted molar refractivity (Wildman–Crippen MR) is 91.3 cm³/mol. The van der Waals surface area contributed by atoms with E-state index in [1.165, 1.54) is 11.3 Å². The summed E-state index contributed by atoms with van der Waals surface area (Å²) in [5.41, 5.74) is 2.60. The molecule has 0 aliphatic rings. The summed E-state index contributed by atoms with van der Waals surface area (Å²) in [4.78, 5) is 27.0. The van der Waals surface area contributed by atoms with Gasteiger partial charge in [-0.25, -0.2) is 4.79 Å². The summed E-state index contributed by atoms with van der Waals surface area (Å²) in [6, 6.07) is 13.0. The summed E-state index contributed by atoms with van der Waals surface area (Å²) >= 11 is 1.47. The Bertz CT molecular complexity index is 1100. The topological polar surface area (TPSA) is 75.1 Å². The van der Waals surface area contributed by atoms with E-state index in [9.17, 15) is 9.59 Å². The molecule has 2 aromatic carbocycles. The van der Waals surface area contributed by atoms with Gasteiger partial charge in [-0.3, -0.25) is 9.78 Å². The average Bonchev–Trinajstić information content (AvgIpc) is 3.07. The van der Waals surface area contributed by atoms with E-state index < -0.39 is 5.76 Å². The fourth-order valence-corrected chi connectivity index (χ4v) is 3.71. The Labute approximate surface area is 134 Å². The van der Waals surface area contributed by atoms with Gasteiger partial charge in [0.15, 0.2) is 5.58 Å². The van der Waals surface area contributed by atoms with E-state index in [2.05, 4.69) is 10.3 Å². The summed E-state index contributed by atoms with van der Waals surface area (Å²) in [6.07, 6.45) is 0. The van der Waals surface area contributed by atoms with Gasteiger partial charge in [-0.05, 0) is 42.1 Å². The third-order valence-electron chi connectivity index (χ3n) is 3.73. The highest BCUT2D eigenvalue weighted by molar-refractivity contribution is 7.21. The second-order valence-corrected chi connectivity index (χ2v) is 6.28. The van der Waals surface area contributed by atoms with Crippen LogP contribution >= 0.6 is 11.3 Å². The predicted octanol–water partition coefficient (Wildman–Crippen LogP) is 3.90. The van der Waals surface area contributed by atoms with Gasteiger partial charge in [0.05, 0.1) is 10.4 Å². The van der Waals surface area contributed by atoms with Crippen LogP contribution in [-0.4, -0.2) is 10.9 Å². The van der Waals surface area contributed by atoms with Crippen molar-refractivity contribution in [1.29, 1.82) is 0 Å². The number of oxazole rings is 1. The van der Waals surface area contributed by atoms with Gasteiger partial charge < -0.3 is 9.73 Å². The normalized spacial score (nSPS) is 11.2. The lowest BCUT2D eigenvalue weighted by Gasteiger charge is -2.04. The molecule has 6 heteroatoms. The first-order valence-corrected chi connectivity index (χ1v) is 7.86. The molecule has 0 aliphatic heterocycles. The van der Waals surface area contributed by atoms with Crippen LogP contribution in [0.25, 0.3) is 21.2 Å². The van der Waals surface area contributed by atoms with Crippen molar-refractivity contribution in [2.45, 2.75) is 6.92 Å². The van der Waals surface area contributed by atoms with Gasteiger partial charge in [-0.15, -0.1) is 11.3 Å². The zero-order valence-corrected chi connectivity index (χ0v) is 13.0. The van der Waals surface area contributed by atoms with E-state index >= 15 is 0 Å². The molecule has 2 heterocycles. The summed E-state index contributed by atoms with van der Waals surface area (Å²) in [6.45, 7) is 1.95. The largest absolute Gasteiger partial charge is 0.417 e. The fourth-order valence-electron chi connectivity index (χ4n) is 2.61. The van der Waals surface area contributed by atoms with Crippen LogP contribution in [0.5, 0.6) is 0 Å². The zero-order valence-electron chi connectivity index (χ0n) is 12.2. The number of hydrogen-bond donors (Lipinski definition) is 2. The van der Waals surface area contributed by atoms with Crippen molar-refractivity contribution in [2.24, 2.45) is 0 Å². The molecular weight excluding hydrogens is 312 g/mol. The summed E-state index contributed by atoms with van der Waals surface area (Å²) in [5, 5.41) is 3.96. The summed E-state index contributed by atoms with van der Waals surface area (Å²) in [7, 11) is 0. The number of aromatic amines is 1. The van der Waals surface area contributed by atoms with Gasteiger partial charge in [0, 0.05) is 10.4 Å². The van der Waals surface area contributed by atoms with E-state index in [1.807, 2.05) is 31.2 Å². The number of thiophene rings is 1. The van der Waals surface area contributed by atoms with Crippen molar-refractivity contribution in [3.63, 3.8) is 0 Å². The number of rotatable bonds is 2. The Morgan fingerprint density at radius 3 is 2.87 bits per heavy atom. The van der Waals surface area contributed by atoms with Crippen LogP contribution in [0.4, 0.5) is 5.69 Å². The fraction of sp³-hybridized carbons (Fsp3) is 0.0588. The molecule has 4 aromatic rings. The highest BCUT2D eigenvalue weighted by atomic mass is 32.1. The van der Waals surface area contributed by atoms with Gasteiger partial charge in [-0.2, -0.15) is 0 Å². The first-order valence-electron chi connectivity index (χ1n) is 7.04. The molecule has 2 aromatic heterocycles. The van der Waals surface area contributed by atoms with E-state index in [0.717, 1.165) is 15.6 Å².